The van der Waals surface area contributed by atoms with Gasteiger partial charge in [-0.25, -0.2) is 0 Å². The van der Waals surface area contributed by atoms with E-state index in [2.05, 4.69) is 19.2 Å². The standard InChI is InChI=1S/C15H25N3O/c1-5-11(6-2)10-17-15(19)13-9-12(16)7-8-14(13)18(3)4/h7-9,11H,5-6,10,16H2,1-4H3,(H,17,19). The monoisotopic (exact) mass is 263 g/mol. The highest BCUT2D eigenvalue weighted by molar-refractivity contribution is 6.00. The van der Waals surface area contributed by atoms with Gasteiger partial charge in [-0.2, -0.15) is 0 Å². The molecular weight excluding hydrogens is 238 g/mol. The Morgan fingerprint density at radius 1 is 1.32 bits per heavy atom. The van der Waals surface area contributed by atoms with Crippen LogP contribution in [0.3, 0.4) is 0 Å². The SMILES string of the molecule is CCC(CC)CNC(=O)c1cc(N)ccc1N(C)C. The van der Waals surface area contributed by atoms with Crippen molar-refractivity contribution in [3.05, 3.63) is 23.8 Å². The number of carbonyl (C=O) groups is 1. The van der Waals surface area contributed by atoms with Crippen LogP contribution in [0.25, 0.3) is 0 Å². The van der Waals surface area contributed by atoms with Crippen LogP contribution < -0.4 is 16.0 Å². The number of carbonyl (C=O) groups excluding carboxylic acids is 1. The van der Waals surface area contributed by atoms with Crippen LogP contribution in [-0.4, -0.2) is 26.5 Å². The summed E-state index contributed by atoms with van der Waals surface area (Å²) in [7, 11) is 3.84. The van der Waals surface area contributed by atoms with Gasteiger partial charge < -0.3 is 16.0 Å². The Morgan fingerprint density at radius 2 is 1.95 bits per heavy atom. The van der Waals surface area contributed by atoms with Gasteiger partial charge in [-0.15, -0.1) is 0 Å². The van der Waals surface area contributed by atoms with Crippen molar-refractivity contribution in [2.75, 3.05) is 31.3 Å². The zero-order valence-corrected chi connectivity index (χ0v) is 12.4. The molecule has 0 aliphatic carbocycles. The second kappa shape index (κ2) is 7.02. The van der Waals surface area contributed by atoms with E-state index < -0.39 is 0 Å². The molecule has 0 fully saturated rings. The van der Waals surface area contributed by atoms with E-state index in [-0.39, 0.29) is 5.91 Å². The Balaban J connectivity index is 2.84. The molecule has 0 aliphatic rings. The highest BCUT2D eigenvalue weighted by Gasteiger charge is 2.14. The minimum Gasteiger partial charge on any atom is -0.399 e. The first-order valence-electron chi connectivity index (χ1n) is 6.84. The molecule has 106 valence electrons. The summed E-state index contributed by atoms with van der Waals surface area (Å²) in [6, 6.07) is 5.42. The quantitative estimate of drug-likeness (QED) is 0.775. The first kappa shape index (κ1) is 15.3. The normalized spacial score (nSPS) is 10.6. The lowest BCUT2D eigenvalue weighted by atomic mass is 10.0. The summed E-state index contributed by atoms with van der Waals surface area (Å²) in [5, 5.41) is 3.00. The fourth-order valence-electron chi connectivity index (χ4n) is 2.04. The van der Waals surface area contributed by atoms with E-state index in [9.17, 15) is 4.79 Å². The summed E-state index contributed by atoms with van der Waals surface area (Å²) in [6.07, 6.45) is 2.16. The average Bonchev–Trinajstić information content (AvgIpc) is 2.39. The lowest BCUT2D eigenvalue weighted by Crippen LogP contribution is -2.30. The van der Waals surface area contributed by atoms with Crippen molar-refractivity contribution in [2.45, 2.75) is 26.7 Å². The first-order valence-corrected chi connectivity index (χ1v) is 6.84. The number of nitrogens with two attached hydrogens (primary N) is 1. The van der Waals surface area contributed by atoms with Crippen molar-refractivity contribution in [3.8, 4) is 0 Å². The number of benzene rings is 1. The molecule has 3 N–H and O–H groups in total. The van der Waals surface area contributed by atoms with Crippen LogP contribution in [0.1, 0.15) is 37.0 Å². The fourth-order valence-corrected chi connectivity index (χ4v) is 2.04. The number of amides is 1. The van der Waals surface area contributed by atoms with Gasteiger partial charge in [0, 0.05) is 32.0 Å². The van der Waals surface area contributed by atoms with Gasteiger partial charge in [0.05, 0.1) is 5.56 Å². The van der Waals surface area contributed by atoms with E-state index in [1.54, 1.807) is 6.07 Å². The Morgan fingerprint density at radius 3 is 2.47 bits per heavy atom. The van der Waals surface area contributed by atoms with Crippen LogP contribution in [0.4, 0.5) is 11.4 Å². The molecule has 4 nitrogen and oxygen atoms in total. The van der Waals surface area contributed by atoms with E-state index >= 15 is 0 Å². The van der Waals surface area contributed by atoms with Gasteiger partial charge in [-0.3, -0.25) is 4.79 Å². The predicted molar refractivity (Wildman–Crippen MR) is 81.6 cm³/mol. The number of hydrogen-bond acceptors (Lipinski definition) is 3. The van der Waals surface area contributed by atoms with Gasteiger partial charge >= 0.3 is 0 Å². The summed E-state index contributed by atoms with van der Waals surface area (Å²) in [5.74, 6) is 0.482. The van der Waals surface area contributed by atoms with Gasteiger partial charge in [0.25, 0.3) is 5.91 Å². The molecule has 0 aromatic heterocycles. The number of anilines is 2. The van der Waals surface area contributed by atoms with Crippen LogP contribution >= 0.6 is 0 Å². The lowest BCUT2D eigenvalue weighted by molar-refractivity contribution is 0.0947. The van der Waals surface area contributed by atoms with E-state index in [4.69, 9.17) is 5.73 Å². The molecule has 1 aromatic carbocycles. The Hall–Kier alpha value is -1.71. The maximum absolute atomic E-state index is 12.3. The zero-order valence-electron chi connectivity index (χ0n) is 12.4. The van der Waals surface area contributed by atoms with E-state index in [0.717, 1.165) is 18.5 Å². The largest absolute Gasteiger partial charge is 0.399 e. The first-order chi connectivity index (χ1) is 8.99. The molecular formula is C15H25N3O. The number of nitrogen functional groups attached to an aromatic ring is 1. The summed E-state index contributed by atoms with van der Waals surface area (Å²) in [4.78, 5) is 14.2. The lowest BCUT2D eigenvalue weighted by Gasteiger charge is -2.19. The molecule has 0 atom stereocenters. The molecule has 0 heterocycles. The van der Waals surface area contributed by atoms with Crippen molar-refractivity contribution >= 4 is 17.3 Å². The Labute approximate surface area is 116 Å². The van der Waals surface area contributed by atoms with Gasteiger partial charge in [0.2, 0.25) is 0 Å². The van der Waals surface area contributed by atoms with E-state index in [0.29, 0.717) is 23.7 Å². The number of hydrogen-bond donors (Lipinski definition) is 2. The summed E-state index contributed by atoms with van der Waals surface area (Å²) < 4.78 is 0. The highest BCUT2D eigenvalue weighted by atomic mass is 16.1. The maximum Gasteiger partial charge on any atom is 0.253 e. The van der Waals surface area contributed by atoms with Crippen LogP contribution in [0.15, 0.2) is 18.2 Å². The zero-order chi connectivity index (χ0) is 14.4. The summed E-state index contributed by atoms with van der Waals surface area (Å²) in [6.45, 7) is 5.01. The van der Waals surface area contributed by atoms with Gasteiger partial charge in [-0.1, -0.05) is 26.7 Å². The second-order valence-electron chi connectivity index (χ2n) is 5.06. The topological polar surface area (TPSA) is 58.4 Å². The number of nitrogens with one attached hydrogen (secondary N) is 1. The van der Waals surface area contributed by atoms with Crippen LogP contribution in [-0.2, 0) is 0 Å². The third-order valence-corrected chi connectivity index (χ3v) is 3.45. The molecule has 0 unspecified atom stereocenters. The molecule has 0 saturated heterocycles. The van der Waals surface area contributed by atoms with E-state index in [1.807, 2.05) is 31.1 Å². The van der Waals surface area contributed by atoms with Crippen molar-refractivity contribution in [1.82, 2.24) is 5.32 Å². The van der Waals surface area contributed by atoms with Gasteiger partial charge in [-0.05, 0) is 24.1 Å². The van der Waals surface area contributed by atoms with Crippen molar-refractivity contribution in [3.63, 3.8) is 0 Å². The minimum atomic E-state index is -0.0529. The molecule has 1 aromatic rings. The average molecular weight is 263 g/mol. The van der Waals surface area contributed by atoms with E-state index in [1.165, 1.54) is 0 Å². The van der Waals surface area contributed by atoms with Crippen molar-refractivity contribution < 1.29 is 4.79 Å². The predicted octanol–water partition coefficient (Wildman–Crippen LogP) is 2.50. The minimum absolute atomic E-state index is 0.0529. The molecule has 0 saturated carbocycles. The maximum atomic E-state index is 12.3. The molecule has 1 rings (SSSR count). The second-order valence-corrected chi connectivity index (χ2v) is 5.06. The van der Waals surface area contributed by atoms with Crippen molar-refractivity contribution in [1.29, 1.82) is 0 Å². The van der Waals surface area contributed by atoms with Gasteiger partial charge in [0.1, 0.15) is 0 Å². The molecule has 19 heavy (non-hydrogen) atoms. The summed E-state index contributed by atoms with van der Waals surface area (Å²) >= 11 is 0. The molecule has 0 radical (unpaired) electrons. The van der Waals surface area contributed by atoms with Crippen LogP contribution in [0.2, 0.25) is 0 Å². The summed E-state index contributed by atoms with van der Waals surface area (Å²) in [5.41, 5.74) is 7.91. The van der Waals surface area contributed by atoms with Crippen molar-refractivity contribution in [2.24, 2.45) is 5.92 Å². The smallest absolute Gasteiger partial charge is 0.253 e. The number of nitrogens with zero attached hydrogens (tertiary/aromatic N) is 1. The number of rotatable bonds is 6. The third kappa shape index (κ3) is 4.16. The Bertz CT molecular complexity index is 425. The van der Waals surface area contributed by atoms with Crippen LogP contribution in [0.5, 0.6) is 0 Å². The molecule has 0 bridgehead atoms. The molecule has 4 heteroatoms. The highest BCUT2D eigenvalue weighted by Crippen LogP contribution is 2.21. The molecule has 1 amide bonds. The van der Waals surface area contributed by atoms with Gasteiger partial charge in [0.15, 0.2) is 0 Å². The molecule has 0 aliphatic heterocycles. The fraction of sp³-hybridized carbons (Fsp3) is 0.533. The Kier molecular flexibility index (Phi) is 5.67. The molecule has 0 spiro atoms. The van der Waals surface area contributed by atoms with Crippen LogP contribution in [0, 0.1) is 5.92 Å². The third-order valence-electron chi connectivity index (χ3n) is 3.45.